The number of imidazole rings is 1. The fraction of sp³-hybridized carbons (Fsp3) is 0.406. The van der Waals surface area contributed by atoms with Crippen molar-refractivity contribution in [2.75, 3.05) is 18.1 Å². The Hall–Kier alpha value is -3.91. The van der Waals surface area contributed by atoms with Gasteiger partial charge in [0.1, 0.15) is 18.3 Å². The van der Waals surface area contributed by atoms with Crippen LogP contribution in [0.15, 0.2) is 67.4 Å². The standard InChI is InChI=1S/C32H36N6O2/c39-17-15-25-12-7-16-36(25)29-19-37(31-30(29)32(34-21-33-31)40-20-23-8-3-1-4-9-23)26-13-14-28-27(18-26)35-22-38(28)24-10-5-2-6-11-24/h1,3-4,8-9,13-14,18-19,21-22,24-25,39H,2,5-7,10-12,15-17,20H2. The molecule has 1 atom stereocenters. The largest absolute Gasteiger partial charge is 0.472 e. The molecule has 2 fully saturated rings. The highest BCUT2D eigenvalue weighted by atomic mass is 16.5. The summed E-state index contributed by atoms with van der Waals surface area (Å²) < 4.78 is 10.9. The van der Waals surface area contributed by atoms with Gasteiger partial charge in [-0.1, -0.05) is 49.6 Å². The predicted octanol–water partition coefficient (Wildman–Crippen LogP) is 6.21. The Balaban J connectivity index is 1.31. The first-order valence-corrected chi connectivity index (χ1v) is 14.7. The number of hydrogen-bond donors (Lipinski definition) is 1. The normalized spacial score (nSPS) is 18.2. The molecule has 0 spiro atoms. The summed E-state index contributed by atoms with van der Waals surface area (Å²) in [6.45, 7) is 1.54. The van der Waals surface area contributed by atoms with Crippen LogP contribution >= 0.6 is 0 Å². The molecule has 8 nitrogen and oxygen atoms in total. The van der Waals surface area contributed by atoms with E-state index >= 15 is 0 Å². The van der Waals surface area contributed by atoms with Crippen LogP contribution in [-0.2, 0) is 6.61 Å². The maximum absolute atomic E-state index is 9.76. The third-order valence-corrected chi connectivity index (χ3v) is 8.70. The maximum atomic E-state index is 9.76. The first kappa shape index (κ1) is 25.1. The summed E-state index contributed by atoms with van der Waals surface area (Å²) in [7, 11) is 0. The fourth-order valence-corrected chi connectivity index (χ4v) is 6.69. The number of fused-ring (bicyclic) bond motifs is 2. The van der Waals surface area contributed by atoms with Gasteiger partial charge < -0.3 is 19.3 Å². The molecule has 7 rings (SSSR count). The number of nitrogens with zero attached hydrogens (tertiary/aromatic N) is 6. The lowest BCUT2D eigenvalue weighted by Crippen LogP contribution is -2.29. The Kier molecular flexibility index (Phi) is 6.85. The average Bonchev–Trinajstić information content (AvgIpc) is 3.74. The van der Waals surface area contributed by atoms with Crippen molar-refractivity contribution in [3.63, 3.8) is 0 Å². The third kappa shape index (κ3) is 4.60. The molecule has 8 heteroatoms. The van der Waals surface area contributed by atoms with Crippen LogP contribution in [0.4, 0.5) is 5.69 Å². The zero-order valence-corrected chi connectivity index (χ0v) is 22.8. The number of aliphatic hydroxyl groups excluding tert-OH is 1. The summed E-state index contributed by atoms with van der Waals surface area (Å²) in [6.07, 6.45) is 15.1. The van der Waals surface area contributed by atoms with Crippen LogP contribution in [0.3, 0.4) is 0 Å². The Morgan fingerprint density at radius 2 is 1.80 bits per heavy atom. The second-order valence-electron chi connectivity index (χ2n) is 11.2. The Labute approximate surface area is 234 Å². The molecule has 0 amide bonds. The second kappa shape index (κ2) is 10.9. The summed E-state index contributed by atoms with van der Waals surface area (Å²) >= 11 is 0. The Morgan fingerprint density at radius 1 is 0.925 bits per heavy atom. The van der Waals surface area contributed by atoms with Gasteiger partial charge in [-0.05, 0) is 55.9 Å². The van der Waals surface area contributed by atoms with Gasteiger partial charge >= 0.3 is 0 Å². The topological polar surface area (TPSA) is 81.2 Å². The van der Waals surface area contributed by atoms with Crippen LogP contribution in [-0.4, -0.2) is 48.4 Å². The molecule has 2 aromatic carbocycles. The van der Waals surface area contributed by atoms with E-state index < -0.39 is 0 Å². The van der Waals surface area contributed by atoms with Gasteiger partial charge in [0.05, 0.1) is 23.0 Å². The molecule has 1 saturated carbocycles. The van der Waals surface area contributed by atoms with Gasteiger partial charge in [-0.2, -0.15) is 0 Å². The molecule has 1 saturated heterocycles. The summed E-state index contributed by atoms with van der Waals surface area (Å²) in [6, 6.07) is 17.5. The molecule has 2 aliphatic rings. The fourth-order valence-electron chi connectivity index (χ4n) is 6.69. The zero-order chi connectivity index (χ0) is 26.9. The lowest BCUT2D eigenvalue weighted by molar-refractivity contribution is 0.276. The molecule has 0 bridgehead atoms. The van der Waals surface area contributed by atoms with Crippen molar-refractivity contribution in [2.45, 2.75) is 70.1 Å². The highest BCUT2D eigenvalue weighted by Gasteiger charge is 2.29. The first-order valence-electron chi connectivity index (χ1n) is 14.7. The van der Waals surface area contributed by atoms with Crippen LogP contribution in [0.25, 0.3) is 27.8 Å². The van der Waals surface area contributed by atoms with Gasteiger partial charge in [-0.3, -0.25) is 4.57 Å². The SMILES string of the molecule is OCCC1CCCN1c1cn(-c2ccc3c(c2)ncn3C2CCCCC2)c2ncnc(OCc3ccccc3)c12. The maximum Gasteiger partial charge on any atom is 0.228 e. The first-order chi connectivity index (χ1) is 19.8. The molecule has 1 unspecified atom stereocenters. The van der Waals surface area contributed by atoms with Gasteiger partial charge in [0.25, 0.3) is 0 Å². The van der Waals surface area contributed by atoms with Gasteiger partial charge in [-0.15, -0.1) is 0 Å². The van der Waals surface area contributed by atoms with E-state index in [0.717, 1.165) is 59.3 Å². The van der Waals surface area contributed by atoms with Crippen molar-refractivity contribution < 1.29 is 9.84 Å². The molecule has 5 aromatic rings. The lowest BCUT2D eigenvalue weighted by Gasteiger charge is -2.25. The van der Waals surface area contributed by atoms with Gasteiger partial charge in [0.2, 0.25) is 5.88 Å². The number of ether oxygens (including phenoxy) is 1. The van der Waals surface area contributed by atoms with Gasteiger partial charge in [0, 0.05) is 37.1 Å². The number of aliphatic hydroxyl groups is 1. The zero-order valence-electron chi connectivity index (χ0n) is 22.8. The van der Waals surface area contributed by atoms with Crippen LogP contribution in [0.1, 0.15) is 63.0 Å². The van der Waals surface area contributed by atoms with Gasteiger partial charge in [0.15, 0.2) is 5.65 Å². The number of rotatable bonds is 8. The van der Waals surface area contributed by atoms with E-state index in [-0.39, 0.29) is 12.6 Å². The van der Waals surface area contributed by atoms with Crippen molar-refractivity contribution in [2.24, 2.45) is 0 Å². The molecule has 4 heterocycles. The Morgan fingerprint density at radius 3 is 2.65 bits per heavy atom. The van der Waals surface area contributed by atoms with Crippen molar-refractivity contribution in [3.05, 3.63) is 72.9 Å². The summed E-state index contributed by atoms with van der Waals surface area (Å²) in [5, 5.41) is 10.7. The summed E-state index contributed by atoms with van der Waals surface area (Å²) in [5.74, 6) is 0.583. The van der Waals surface area contributed by atoms with E-state index in [0.29, 0.717) is 18.5 Å². The number of benzene rings is 2. The van der Waals surface area contributed by atoms with E-state index in [1.54, 1.807) is 6.33 Å². The molecule has 1 N–H and O–H groups in total. The Bertz CT molecular complexity index is 1600. The molecule has 1 aliphatic carbocycles. The van der Waals surface area contributed by atoms with Crippen LogP contribution in [0.2, 0.25) is 0 Å². The minimum absolute atomic E-state index is 0.175. The smallest absolute Gasteiger partial charge is 0.228 e. The molecular weight excluding hydrogens is 500 g/mol. The van der Waals surface area contributed by atoms with Crippen LogP contribution < -0.4 is 9.64 Å². The van der Waals surface area contributed by atoms with Crippen LogP contribution in [0.5, 0.6) is 5.88 Å². The summed E-state index contributed by atoms with van der Waals surface area (Å²) in [4.78, 5) is 16.6. The average molecular weight is 537 g/mol. The highest BCUT2D eigenvalue weighted by molar-refractivity contribution is 5.97. The molecular formula is C32H36N6O2. The van der Waals surface area contributed by atoms with Gasteiger partial charge in [-0.25, -0.2) is 15.0 Å². The number of hydrogen-bond acceptors (Lipinski definition) is 6. The van der Waals surface area contributed by atoms with E-state index in [4.69, 9.17) is 14.7 Å². The van der Waals surface area contributed by atoms with Crippen molar-refractivity contribution in [1.82, 2.24) is 24.1 Å². The quantitative estimate of drug-likeness (QED) is 0.254. The monoisotopic (exact) mass is 536 g/mol. The number of anilines is 1. The van der Waals surface area contributed by atoms with Crippen molar-refractivity contribution >= 4 is 27.8 Å². The van der Waals surface area contributed by atoms with E-state index in [2.05, 4.69) is 55.5 Å². The predicted molar refractivity (Wildman–Crippen MR) is 157 cm³/mol. The molecule has 0 radical (unpaired) electrons. The van der Waals surface area contributed by atoms with E-state index in [1.165, 1.54) is 37.6 Å². The van der Waals surface area contributed by atoms with E-state index in [1.807, 2.05) is 24.5 Å². The third-order valence-electron chi connectivity index (χ3n) is 8.70. The second-order valence-corrected chi connectivity index (χ2v) is 11.2. The molecule has 40 heavy (non-hydrogen) atoms. The lowest BCUT2D eigenvalue weighted by atomic mass is 9.95. The highest BCUT2D eigenvalue weighted by Crippen LogP contribution is 2.40. The van der Waals surface area contributed by atoms with E-state index in [9.17, 15) is 5.11 Å². The van der Waals surface area contributed by atoms with Crippen molar-refractivity contribution in [3.8, 4) is 11.6 Å². The molecule has 1 aliphatic heterocycles. The molecule has 3 aromatic heterocycles. The summed E-state index contributed by atoms with van der Waals surface area (Å²) in [5.41, 5.74) is 6.17. The van der Waals surface area contributed by atoms with Crippen molar-refractivity contribution in [1.29, 1.82) is 0 Å². The minimum atomic E-state index is 0.175. The molecule has 206 valence electrons. The van der Waals surface area contributed by atoms with Crippen LogP contribution in [0, 0.1) is 0 Å². The minimum Gasteiger partial charge on any atom is -0.472 e. The number of aromatic nitrogens is 5.